The smallest absolute Gasteiger partial charge is 0.416 e. The van der Waals surface area contributed by atoms with Gasteiger partial charge in [0.25, 0.3) is 0 Å². The van der Waals surface area contributed by atoms with E-state index in [0.717, 1.165) is 28.8 Å². The van der Waals surface area contributed by atoms with Crippen LogP contribution < -0.4 is 0 Å². The summed E-state index contributed by atoms with van der Waals surface area (Å²) in [6.45, 7) is 8.33. The molecule has 0 N–H and O–H groups in total. The van der Waals surface area contributed by atoms with Crippen molar-refractivity contribution in [2.45, 2.75) is 71.6 Å². The van der Waals surface area contributed by atoms with Crippen LogP contribution in [0.4, 0.5) is 13.2 Å². The summed E-state index contributed by atoms with van der Waals surface area (Å²) >= 11 is 0. The zero-order chi connectivity index (χ0) is 28.1. The number of aryl methyl sites for hydroxylation is 2. The first-order valence-electron chi connectivity index (χ1n) is 12.8. The normalized spacial score (nSPS) is 17.1. The number of likely N-dealkylation sites (tertiary alicyclic amines) is 1. The molecule has 0 bridgehead atoms. The lowest BCUT2D eigenvalue weighted by molar-refractivity contribution is -0.164. The molecule has 2 aromatic carbocycles. The lowest BCUT2D eigenvalue weighted by Gasteiger charge is -2.51. The predicted molar refractivity (Wildman–Crippen MR) is 137 cm³/mol. The maximum atomic E-state index is 13.8. The number of ether oxygens (including phenoxy) is 1. The quantitative estimate of drug-likeness (QED) is 0.393. The van der Waals surface area contributed by atoms with Crippen molar-refractivity contribution in [3.05, 3.63) is 70.3 Å². The van der Waals surface area contributed by atoms with E-state index in [0.29, 0.717) is 24.9 Å². The van der Waals surface area contributed by atoms with Crippen molar-refractivity contribution in [1.29, 1.82) is 0 Å². The molecule has 1 saturated heterocycles. The number of amides is 2. The maximum Gasteiger partial charge on any atom is 0.416 e. The Morgan fingerprint density at radius 3 is 2.18 bits per heavy atom. The molecule has 0 radical (unpaired) electrons. The first-order valence-corrected chi connectivity index (χ1v) is 12.8. The lowest BCUT2D eigenvalue weighted by atomic mass is 9.84. The molecule has 206 valence electrons. The second-order valence-corrected chi connectivity index (χ2v) is 10.1. The molecule has 0 saturated carbocycles. The van der Waals surface area contributed by atoms with Crippen LogP contribution in [0.25, 0.3) is 0 Å². The molecular formula is C29H35F3N2O4. The number of alkyl halides is 3. The topological polar surface area (TPSA) is 66.9 Å². The van der Waals surface area contributed by atoms with E-state index in [1.165, 1.54) is 17.0 Å². The van der Waals surface area contributed by atoms with Crippen LogP contribution in [0.3, 0.4) is 0 Å². The van der Waals surface area contributed by atoms with E-state index in [1.807, 2.05) is 32.0 Å². The van der Waals surface area contributed by atoms with Crippen molar-refractivity contribution in [3.8, 4) is 0 Å². The van der Waals surface area contributed by atoms with Gasteiger partial charge in [-0.15, -0.1) is 0 Å². The van der Waals surface area contributed by atoms with Gasteiger partial charge in [0.15, 0.2) is 0 Å². The number of carbonyl (C=O) groups excluding carboxylic acids is 3. The van der Waals surface area contributed by atoms with Crippen molar-refractivity contribution in [2.24, 2.45) is 0 Å². The highest BCUT2D eigenvalue weighted by Crippen LogP contribution is 2.34. The van der Waals surface area contributed by atoms with E-state index in [9.17, 15) is 27.6 Å². The SMILES string of the molecule is CCOC(=O)CCCN(Cc1ccc(C(F)(F)F)cc1)C(=O)C1(C)CCN1C(=O)Cc1cc(C)cc(C)c1. The zero-order valence-electron chi connectivity index (χ0n) is 22.4. The average molecular weight is 533 g/mol. The Morgan fingerprint density at radius 2 is 1.66 bits per heavy atom. The van der Waals surface area contributed by atoms with Gasteiger partial charge in [0, 0.05) is 26.1 Å². The van der Waals surface area contributed by atoms with Gasteiger partial charge in [0.1, 0.15) is 5.54 Å². The molecule has 6 nitrogen and oxygen atoms in total. The molecule has 2 aromatic rings. The highest BCUT2D eigenvalue weighted by molar-refractivity contribution is 5.93. The third-order valence-electron chi connectivity index (χ3n) is 6.87. The molecule has 9 heteroatoms. The molecule has 1 unspecified atom stereocenters. The number of nitrogens with zero attached hydrogens (tertiary/aromatic N) is 2. The van der Waals surface area contributed by atoms with E-state index in [-0.39, 0.29) is 50.3 Å². The van der Waals surface area contributed by atoms with E-state index in [2.05, 4.69) is 0 Å². The number of hydrogen-bond donors (Lipinski definition) is 0. The summed E-state index contributed by atoms with van der Waals surface area (Å²) < 4.78 is 44.0. The summed E-state index contributed by atoms with van der Waals surface area (Å²) in [4.78, 5) is 41.9. The Kier molecular flexibility index (Phi) is 9.22. The lowest BCUT2D eigenvalue weighted by Crippen LogP contribution is -2.68. The molecule has 1 atom stereocenters. The summed E-state index contributed by atoms with van der Waals surface area (Å²) in [5, 5.41) is 0. The van der Waals surface area contributed by atoms with Crippen LogP contribution in [0.5, 0.6) is 0 Å². The largest absolute Gasteiger partial charge is 0.466 e. The third kappa shape index (κ3) is 7.14. The highest BCUT2D eigenvalue weighted by Gasteiger charge is 2.50. The Hall–Kier alpha value is -3.36. The van der Waals surface area contributed by atoms with Gasteiger partial charge in [-0.2, -0.15) is 13.2 Å². The standard InChI is InChI=1S/C29H35F3N2O4/c1-5-38-26(36)7-6-13-33(19-22-8-10-24(11-9-22)29(30,31)32)27(37)28(4)12-14-34(28)25(35)18-23-16-20(2)15-21(3)17-23/h8-11,15-17H,5-7,12-14,18-19H2,1-4H3. The van der Waals surface area contributed by atoms with Crippen molar-refractivity contribution in [3.63, 3.8) is 0 Å². The zero-order valence-corrected chi connectivity index (χ0v) is 22.4. The van der Waals surface area contributed by atoms with Gasteiger partial charge in [-0.3, -0.25) is 14.4 Å². The van der Waals surface area contributed by atoms with Crippen molar-refractivity contribution in [1.82, 2.24) is 9.80 Å². The molecule has 0 aliphatic carbocycles. The summed E-state index contributed by atoms with van der Waals surface area (Å²) in [5.74, 6) is -0.825. The Balaban J connectivity index is 1.76. The maximum absolute atomic E-state index is 13.8. The number of carbonyl (C=O) groups is 3. The number of esters is 1. The van der Waals surface area contributed by atoms with Gasteiger partial charge < -0.3 is 14.5 Å². The number of halogens is 3. The van der Waals surface area contributed by atoms with Crippen molar-refractivity contribution in [2.75, 3.05) is 19.7 Å². The van der Waals surface area contributed by atoms with Crippen LogP contribution in [0, 0.1) is 13.8 Å². The van der Waals surface area contributed by atoms with Gasteiger partial charge in [-0.1, -0.05) is 41.5 Å². The van der Waals surface area contributed by atoms with Crippen LogP contribution in [0.1, 0.15) is 60.9 Å². The first-order chi connectivity index (χ1) is 17.8. The molecule has 0 spiro atoms. The summed E-state index contributed by atoms with van der Waals surface area (Å²) in [6.07, 6.45) is -3.36. The van der Waals surface area contributed by atoms with Crippen LogP contribution >= 0.6 is 0 Å². The minimum atomic E-state index is -4.45. The Bertz CT molecular complexity index is 1140. The van der Waals surface area contributed by atoms with Gasteiger partial charge in [-0.25, -0.2) is 0 Å². The Labute approximate surface area is 221 Å². The average Bonchev–Trinajstić information content (AvgIpc) is 2.81. The number of benzene rings is 2. The molecule has 1 heterocycles. The van der Waals surface area contributed by atoms with Crippen LogP contribution in [0.15, 0.2) is 42.5 Å². The van der Waals surface area contributed by atoms with Gasteiger partial charge in [0.05, 0.1) is 18.6 Å². The van der Waals surface area contributed by atoms with Crippen LogP contribution in [0.2, 0.25) is 0 Å². The Morgan fingerprint density at radius 1 is 1.03 bits per heavy atom. The molecule has 38 heavy (non-hydrogen) atoms. The summed E-state index contributed by atoms with van der Waals surface area (Å²) in [7, 11) is 0. The molecule has 0 aromatic heterocycles. The summed E-state index contributed by atoms with van der Waals surface area (Å²) in [6, 6.07) is 10.6. The van der Waals surface area contributed by atoms with Crippen molar-refractivity contribution < 1.29 is 32.3 Å². The molecule has 2 amide bonds. The molecule has 1 aliphatic heterocycles. The fourth-order valence-electron chi connectivity index (χ4n) is 4.88. The first kappa shape index (κ1) is 29.2. The van der Waals surface area contributed by atoms with E-state index in [1.54, 1.807) is 18.7 Å². The minimum absolute atomic E-state index is 0.0640. The van der Waals surface area contributed by atoms with E-state index >= 15 is 0 Å². The van der Waals surface area contributed by atoms with E-state index < -0.39 is 17.3 Å². The van der Waals surface area contributed by atoms with Crippen LogP contribution in [-0.4, -0.2) is 52.8 Å². The van der Waals surface area contributed by atoms with Crippen LogP contribution in [-0.2, 0) is 38.3 Å². The minimum Gasteiger partial charge on any atom is -0.466 e. The van der Waals surface area contributed by atoms with Gasteiger partial charge in [-0.05, 0) is 63.8 Å². The fourth-order valence-corrected chi connectivity index (χ4v) is 4.88. The third-order valence-corrected chi connectivity index (χ3v) is 6.87. The second kappa shape index (κ2) is 12.0. The monoisotopic (exact) mass is 532 g/mol. The van der Waals surface area contributed by atoms with Gasteiger partial charge in [0.2, 0.25) is 11.8 Å². The second-order valence-electron chi connectivity index (χ2n) is 10.1. The molecule has 1 fully saturated rings. The number of hydrogen-bond acceptors (Lipinski definition) is 4. The number of rotatable bonds is 10. The van der Waals surface area contributed by atoms with Gasteiger partial charge >= 0.3 is 12.1 Å². The molecule has 1 aliphatic rings. The van der Waals surface area contributed by atoms with E-state index in [4.69, 9.17) is 4.74 Å². The predicted octanol–water partition coefficient (Wildman–Crippen LogP) is 5.23. The highest BCUT2D eigenvalue weighted by atomic mass is 19.4. The fraction of sp³-hybridized carbons (Fsp3) is 0.483. The summed E-state index contributed by atoms with van der Waals surface area (Å²) in [5.41, 5.74) is 1.68. The van der Waals surface area contributed by atoms with Crippen molar-refractivity contribution >= 4 is 17.8 Å². The molecular weight excluding hydrogens is 497 g/mol. The molecule has 3 rings (SSSR count).